The Labute approximate surface area is 256 Å². The fourth-order valence-electron chi connectivity index (χ4n) is 3.06. The number of carbonyl (C=O) groups excluding carboxylic acids is 7. The van der Waals surface area contributed by atoms with E-state index in [1.807, 2.05) is 0 Å². The summed E-state index contributed by atoms with van der Waals surface area (Å²) >= 11 is 0. The SMILES string of the molecule is CC(C)(C)OC(=O)NCCCNC(=O)CCN1C(=O)C=CC1=O.CS(=O)(=O)O.NCCCNC(=O)CCN1C(=O)C=CC1=O. The summed E-state index contributed by atoms with van der Waals surface area (Å²) in [5.41, 5.74) is 4.72. The summed E-state index contributed by atoms with van der Waals surface area (Å²) in [5.74, 6) is -1.95. The van der Waals surface area contributed by atoms with E-state index in [-0.39, 0.29) is 49.6 Å². The summed E-state index contributed by atoms with van der Waals surface area (Å²) in [4.78, 5) is 81.1. The first kappa shape index (κ1) is 39.8. The standard InChI is InChI=1S/C15H23N3O5.C10H15N3O3.CH4O3S/c1-15(2,3)23-14(22)17-9-4-8-16-11(19)7-10-18-12(20)5-6-13(18)21;11-5-1-6-12-8(14)4-7-13-9(15)2-3-10(13)16;1-5(2,3)4/h5-6H,4,7-10H2,1-3H3,(H,16,19)(H,17,22);2-3H,1,4-7,11H2,(H,12,14);1H3,(H,2,3,4). The molecule has 0 saturated carbocycles. The highest BCUT2D eigenvalue weighted by Crippen LogP contribution is 2.06. The second-order valence-corrected chi connectivity index (χ2v) is 11.6. The van der Waals surface area contributed by atoms with Crippen LogP contribution < -0.4 is 21.7 Å². The van der Waals surface area contributed by atoms with Crippen molar-refractivity contribution in [3.05, 3.63) is 24.3 Å². The minimum absolute atomic E-state index is 0.0542. The largest absolute Gasteiger partial charge is 0.444 e. The summed E-state index contributed by atoms with van der Waals surface area (Å²) in [6, 6.07) is 0. The minimum Gasteiger partial charge on any atom is -0.444 e. The van der Waals surface area contributed by atoms with Crippen molar-refractivity contribution in [2.24, 2.45) is 5.73 Å². The molecule has 0 aromatic heterocycles. The Hall–Kier alpha value is -4.16. The predicted molar refractivity (Wildman–Crippen MR) is 157 cm³/mol. The van der Waals surface area contributed by atoms with Gasteiger partial charge >= 0.3 is 6.09 Å². The van der Waals surface area contributed by atoms with Gasteiger partial charge in [0.15, 0.2) is 0 Å². The summed E-state index contributed by atoms with van der Waals surface area (Å²) in [5, 5.41) is 7.89. The Balaban J connectivity index is 0.000000761. The number of rotatable bonds is 13. The number of nitrogens with zero attached hydrogens (tertiary/aromatic N) is 2. The molecule has 0 spiro atoms. The van der Waals surface area contributed by atoms with E-state index in [2.05, 4.69) is 16.0 Å². The molecule has 2 aliphatic rings. The van der Waals surface area contributed by atoms with E-state index in [4.69, 9.17) is 15.0 Å². The Morgan fingerprint density at radius 3 is 1.45 bits per heavy atom. The lowest BCUT2D eigenvalue weighted by atomic mass is 10.2. The van der Waals surface area contributed by atoms with Gasteiger partial charge in [-0.2, -0.15) is 8.42 Å². The zero-order chi connectivity index (χ0) is 33.9. The van der Waals surface area contributed by atoms with Crippen LogP contribution >= 0.6 is 0 Å². The zero-order valence-corrected chi connectivity index (χ0v) is 26.1. The molecule has 0 radical (unpaired) electrons. The lowest BCUT2D eigenvalue weighted by Gasteiger charge is -2.19. The smallest absolute Gasteiger partial charge is 0.407 e. The van der Waals surface area contributed by atoms with Crippen LogP contribution in [-0.4, -0.2) is 115 Å². The first-order valence-electron chi connectivity index (χ1n) is 13.5. The van der Waals surface area contributed by atoms with Crippen LogP contribution in [0.1, 0.15) is 46.5 Å². The molecule has 0 saturated heterocycles. The lowest BCUT2D eigenvalue weighted by molar-refractivity contribution is -0.139. The number of amides is 7. The highest BCUT2D eigenvalue weighted by molar-refractivity contribution is 7.85. The Morgan fingerprint density at radius 1 is 0.773 bits per heavy atom. The van der Waals surface area contributed by atoms with E-state index < -0.39 is 33.6 Å². The van der Waals surface area contributed by atoms with Crippen LogP contribution in [0.2, 0.25) is 0 Å². The Kier molecular flexibility index (Phi) is 18.0. The van der Waals surface area contributed by atoms with Gasteiger partial charge in [-0.1, -0.05) is 0 Å². The summed E-state index contributed by atoms with van der Waals surface area (Å²) < 4.78 is 30.9. The average molecular weight is 647 g/mol. The van der Waals surface area contributed by atoms with Gasteiger partial charge < -0.3 is 26.4 Å². The van der Waals surface area contributed by atoms with Crippen molar-refractivity contribution >= 4 is 51.7 Å². The maximum absolute atomic E-state index is 11.6. The summed E-state index contributed by atoms with van der Waals surface area (Å²) in [6.07, 6.45) is 6.44. The Bertz CT molecular complexity index is 1170. The van der Waals surface area contributed by atoms with Crippen molar-refractivity contribution in [1.82, 2.24) is 25.8 Å². The van der Waals surface area contributed by atoms with Crippen LogP contribution in [0.15, 0.2) is 24.3 Å². The monoisotopic (exact) mass is 646 g/mol. The third-order valence-electron chi connectivity index (χ3n) is 4.97. The van der Waals surface area contributed by atoms with Crippen LogP contribution in [0, 0.1) is 0 Å². The number of nitrogens with two attached hydrogens (primary N) is 1. The van der Waals surface area contributed by atoms with Gasteiger partial charge in [-0.3, -0.25) is 43.1 Å². The van der Waals surface area contributed by atoms with Crippen LogP contribution in [0.4, 0.5) is 4.79 Å². The molecule has 0 unspecified atom stereocenters. The second-order valence-electron chi connectivity index (χ2n) is 10.2. The molecule has 2 aliphatic heterocycles. The van der Waals surface area contributed by atoms with E-state index in [1.165, 1.54) is 24.3 Å². The van der Waals surface area contributed by atoms with Gasteiger partial charge in [0.2, 0.25) is 11.8 Å². The fraction of sp³-hybridized carbons (Fsp3) is 0.577. The number of imide groups is 2. The van der Waals surface area contributed by atoms with Gasteiger partial charge in [0.25, 0.3) is 33.7 Å². The first-order valence-corrected chi connectivity index (χ1v) is 15.4. The maximum atomic E-state index is 11.6. The highest BCUT2D eigenvalue weighted by Gasteiger charge is 2.24. The molecule has 7 amide bonds. The minimum atomic E-state index is -3.67. The molecule has 44 heavy (non-hydrogen) atoms. The van der Waals surface area contributed by atoms with Gasteiger partial charge in [-0.05, 0) is 40.2 Å². The van der Waals surface area contributed by atoms with Crippen LogP contribution in [0.5, 0.6) is 0 Å². The van der Waals surface area contributed by atoms with Crippen molar-refractivity contribution in [1.29, 1.82) is 0 Å². The Morgan fingerprint density at radius 2 is 1.11 bits per heavy atom. The van der Waals surface area contributed by atoms with E-state index >= 15 is 0 Å². The van der Waals surface area contributed by atoms with Crippen molar-refractivity contribution in [2.45, 2.75) is 52.1 Å². The number of ether oxygens (including phenoxy) is 1. The van der Waals surface area contributed by atoms with E-state index in [0.717, 1.165) is 16.2 Å². The fourth-order valence-corrected chi connectivity index (χ4v) is 3.06. The molecule has 6 N–H and O–H groups in total. The average Bonchev–Trinajstić information content (AvgIpc) is 3.38. The van der Waals surface area contributed by atoms with Crippen molar-refractivity contribution in [2.75, 3.05) is 45.5 Å². The molecule has 0 fully saturated rings. The third kappa shape index (κ3) is 20.7. The van der Waals surface area contributed by atoms with Crippen LogP contribution in [0.25, 0.3) is 0 Å². The van der Waals surface area contributed by atoms with Crippen LogP contribution in [0.3, 0.4) is 0 Å². The molecule has 17 nitrogen and oxygen atoms in total. The quantitative estimate of drug-likeness (QED) is 0.0880. The molecule has 0 bridgehead atoms. The molecule has 0 atom stereocenters. The molecule has 248 valence electrons. The third-order valence-corrected chi connectivity index (χ3v) is 4.97. The normalized spacial score (nSPS) is 14.0. The highest BCUT2D eigenvalue weighted by atomic mass is 32.2. The van der Waals surface area contributed by atoms with Gasteiger partial charge in [0.1, 0.15) is 5.60 Å². The number of alkyl carbamates (subject to hydrolysis) is 1. The zero-order valence-electron chi connectivity index (χ0n) is 25.3. The molecule has 18 heteroatoms. The van der Waals surface area contributed by atoms with Crippen LogP contribution in [-0.2, 0) is 43.6 Å². The number of carbonyl (C=O) groups is 7. The summed E-state index contributed by atoms with van der Waals surface area (Å²) in [7, 11) is -3.67. The molecule has 2 rings (SSSR count). The molecule has 0 aromatic rings. The number of hydrogen-bond donors (Lipinski definition) is 5. The van der Waals surface area contributed by atoms with Crippen molar-refractivity contribution in [3.63, 3.8) is 0 Å². The van der Waals surface area contributed by atoms with Gasteiger partial charge in [0.05, 0.1) is 6.26 Å². The second kappa shape index (κ2) is 19.9. The number of nitrogens with one attached hydrogen (secondary N) is 3. The predicted octanol–water partition coefficient (Wildman–Crippen LogP) is -1.40. The van der Waals surface area contributed by atoms with Gasteiger partial charge in [0, 0.05) is 69.9 Å². The lowest BCUT2D eigenvalue weighted by Crippen LogP contribution is -2.36. The van der Waals surface area contributed by atoms with E-state index in [9.17, 15) is 42.0 Å². The maximum Gasteiger partial charge on any atom is 0.407 e. The van der Waals surface area contributed by atoms with Crippen molar-refractivity contribution < 1.29 is 51.3 Å². The van der Waals surface area contributed by atoms with Crippen molar-refractivity contribution in [3.8, 4) is 0 Å². The first-order chi connectivity index (χ1) is 20.3. The number of hydrogen-bond acceptors (Lipinski definition) is 11. The summed E-state index contributed by atoms with van der Waals surface area (Å²) in [6.45, 7) is 7.32. The van der Waals surface area contributed by atoms with Gasteiger partial charge in [-0.15, -0.1) is 0 Å². The molecule has 0 aromatic carbocycles. The molecular formula is C26H42N6O11S. The molecule has 2 heterocycles. The topological polar surface area (TPSA) is 252 Å². The van der Waals surface area contributed by atoms with E-state index in [1.54, 1.807) is 20.8 Å². The van der Waals surface area contributed by atoms with Gasteiger partial charge in [-0.25, -0.2) is 4.79 Å². The van der Waals surface area contributed by atoms with E-state index in [0.29, 0.717) is 38.9 Å². The molecule has 0 aliphatic carbocycles. The molecular weight excluding hydrogens is 604 g/mol.